The van der Waals surface area contributed by atoms with Crippen molar-refractivity contribution in [3.8, 4) is 0 Å². The van der Waals surface area contributed by atoms with E-state index in [1.807, 2.05) is 91.0 Å². The third-order valence-corrected chi connectivity index (χ3v) is 10.1. The SMILES string of the molecule is CC(CN=P(c1ccccc1)(c1ccccc1)c1ccccc1)(COS(C)(=O)=O)COS(C)(=O)=O. The lowest BCUT2D eigenvalue weighted by molar-refractivity contribution is 0.110. The molecule has 0 heterocycles. The minimum absolute atomic E-state index is 0.102. The highest BCUT2D eigenvalue weighted by molar-refractivity contribution is 7.87. The molecule has 0 amide bonds. The van der Waals surface area contributed by atoms with Gasteiger partial charge in [-0.3, -0.25) is 13.1 Å². The highest BCUT2D eigenvalue weighted by atomic mass is 32.2. The molecular formula is C25H30NO6PS2. The summed E-state index contributed by atoms with van der Waals surface area (Å²) < 4.78 is 62.4. The molecule has 0 saturated heterocycles. The normalized spacial score (nSPS) is 12.9. The third kappa shape index (κ3) is 7.59. The molecule has 0 fully saturated rings. The first-order chi connectivity index (χ1) is 16.4. The summed E-state index contributed by atoms with van der Waals surface area (Å²) in [5.41, 5.74) is -1.03. The van der Waals surface area contributed by atoms with Crippen LogP contribution in [0.4, 0.5) is 0 Å². The predicted molar refractivity (Wildman–Crippen MR) is 142 cm³/mol. The standard InChI is InChI=1S/C25H30NO6PS2/c1-25(20-31-34(2,27)28,21-32-35(3,29)30)19-26-33(22-13-7-4-8-14-22,23-15-9-5-10-16-23)24-17-11-6-12-18-24/h4-18H,19-21H2,1-3H3. The zero-order chi connectivity index (χ0) is 25.6. The van der Waals surface area contributed by atoms with Gasteiger partial charge in [-0.2, -0.15) is 16.8 Å². The van der Waals surface area contributed by atoms with E-state index in [4.69, 9.17) is 13.1 Å². The summed E-state index contributed by atoms with van der Waals surface area (Å²) in [4.78, 5) is 0. The Labute approximate surface area is 208 Å². The van der Waals surface area contributed by atoms with Gasteiger partial charge in [0.15, 0.2) is 0 Å². The van der Waals surface area contributed by atoms with Gasteiger partial charge in [0.05, 0.1) is 32.8 Å². The first-order valence-corrected chi connectivity index (χ1v) is 16.2. The van der Waals surface area contributed by atoms with Crippen molar-refractivity contribution in [2.75, 3.05) is 32.3 Å². The van der Waals surface area contributed by atoms with Crippen LogP contribution < -0.4 is 15.9 Å². The van der Waals surface area contributed by atoms with Crippen LogP contribution in [0, 0.1) is 5.41 Å². The van der Waals surface area contributed by atoms with E-state index in [0.29, 0.717) is 0 Å². The zero-order valence-corrected chi connectivity index (χ0v) is 22.5. The van der Waals surface area contributed by atoms with Gasteiger partial charge in [0.25, 0.3) is 20.2 Å². The van der Waals surface area contributed by atoms with E-state index < -0.39 is 32.7 Å². The molecule has 10 heteroatoms. The summed E-state index contributed by atoms with van der Waals surface area (Å²) in [6.45, 7) is 1.26. The van der Waals surface area contributed by atoms with Gasteiger partial charge >= 0.3 is 0 Å². The second-order valence-electron chi connectivity index (χ2n) is 8.68. The van der Waals surface area contributed by atoms with Gasteiger partial charge in [0, 0.05) is 27.9 Å². The molecule has 7 nitrogen and oxygen atoms in total. The van der Waals surface area contributed by atoms with Gasteiger partial charge in [-0.05, 0) is 0 Å². The van der Waals surface area contributed by atoms with E-state index >= 15 is 0 Å². The van der Waals surface area contributed by atoms with Gasteiger partial charge in [0.1, 0.15) is 0 Å². The number of rotatable bonds is 11. The molecule has 0 spiro atoms. The Hall–Kier alpha value is -2.29. The maximum Gasteiger partial charge on any atom is 0.264 e. The minimum Gasteiger partial charge on any atom is -0.289 e. The molecule has 0 aliphatic heterocycles. The molecule has 0 radical (unpaired) electrons. The monoisotopic (exact) mass is 535 g/mol. The van der Waals surface area contributed by atoms with E-state index in [-0.39, 0.29) is 19.8 Å². The topological polar surface area (TPSA) is 99.1 Å². The van der Waals surface area contributed by atoms with Crippen LogP contribution in [0.5, 0.6) is 0 Å². The van der Waals surface area contributed by atoms with E-state index in [1.165, 1.54) is 0 Å². The number of nitrogens with zero attached hydrogens (tertiary/aromatic N) is 1. The first-order valence-electron chi connectivity index (χ1n) is 10.9. The molecule has 188 valence electrons. The molecule has 35 heavy (non-hydrogen) atoms. The lowest BCUT2D eigenvalue weighted by Crippen LogP contribution is -2.35. The van der Waals surface area contributed by atoms with E-state index in [1.54, 1.807) is 6.92 Å². The molecule has 3 rings (SSSR count). The van der Waals surface area contributed by atoms with Crippen LogP contribution in [-0.4, -0.2) is 49.1 Å². The molecule has 0 bridgehead atoms. The van der Waals surface area contributed by atoms with Crippen LogP contribution >= 0.6 is 7.05 Å². The Kier molecular flexibility index (Phi) is 8.72. The van der Waals surface area contributed by atoms with Gasteiger partial charge in [-0.1, -0.05) is 97.9 Å². The predicted octanol–water partition coefficient (Wildman–Crippen LogP) is 3.12. The summed E-state index contributed by atoms with van der Waals surface area (Å²) in [6.07, 6.45) is 1.91. The van der Waals surface area contributed by atoms with Crippen LogP contribution in [0.2, 0.25) is 0 Å². The smallest absolute Gasteiger partial charge is 0.264 e. The number of hydrogen-bond acceptors (Lipinski definition) is 7. The van der Waals surface area contributed by atoms with Crippen LogP contribution in [0.15, 0.2) is 95.7 Å². The number of hydrogen-bond donors (Lipinski definition) is 0. The van der Waals surface area contributed by atoms with Gasteiger partial charge in [-0.15, -0.1) is 0 Å². The maximum atomic E-state index is 11.7. The molecule has 0 aromatic heterocycles. The molecular weight excluding hydrogens is 505 g/mol. The average molecular weight is 536 g/mol. The highest BCUT2D eigenvalue weighted by Gasteiger charge is 2.33. The van der Waals surface area contributed by atoms with E-state index in [2.05, 4.69) is 0 Å². The number of benzene rings is 3. The van der Waals surface area contributed by atoms with Gasteiger partial charge < -0.3 is 0 Å². The molecule has 0 aliphatic carbocycles. The minimum atomic E-state index is -3.76. The van der Waals surface area contributed by atoms with Crippen LogP contribution in [-0.2, 0) is 28.6 Å². The van der Waals surface area contributed by atoms with Crippen molar-refractivity contribution in [2.45, 2.75) is 6.92 Å². The van der Waals surface area contributed by atoms with E-state index in [0.717, 1.165) is 28.4 Å². The van der Waals surface area contributed by atoms with Crippen molar-refractivity contribution in [1.82, 2.24) is 0 Å². The Balaban J connectivity index is 2.23. The molecule has 0 atom stereocenters. The molecule has 0 saturated carbocycles. The molecule has 3 aromatic rings. The summed E-state index contributed by atoms with van der Waals surface area (Å²) in [6, 6.07) is 29.8. The summed E-state index contributed by atoms with van der Waals surface area (Å²) in [5.74, 6) is 0. The lowest BCUT2D eigenvalue weighted by Gasteiger charge is -2.31. The summed E-state index contributed by atoms with van der Waals surface area (Å²) in [5, 5.41) is 3.06. The lowest BCUT2D eigenvalue weighted by atomic mass is 9.94. The van der Waals surface area contributed by atoms with E-state index in [9.17, 15) is 16.8 Å². The Morgan fingerprint density at radius 3 is 1.26 bits per heavy atom. The highest BCUT2D eigenvalue weighted by Crippen LogP contribution is 2.47. The summed E-state index contributed by atoms with van der Waals surface area (Å²) in [7, 11) is -10.1. The Morgan fingerprint density at radius 1 is 0.657 bits per heavy atom. The van der Waals surface area contributed by atoms with Crippen molar-refractivity contribution in [2.24, 2.45) is 10.2 Å². The molecule has 3 aromatic carbocycles. The fraction of sp³-hybridized carbons (Fsp3) is 0.280. The van der Waals surface area contributed by atoms with Crippen molar-refractivity contribution in [1.29, 1.82) is 0 Å². The van der Waals surface area contributed by atoms with Crippen LogP contribution in [0.3, 0.4) is 0 Å². The molecule has 0 unspecified atom stereocenters. The van der Waals surface area contributed by atoms with Crippen LogP contribution in [0.25, 0.3) is 0 Å². The Bertz CT molecular complexity index is 1240. The van der Waals surface area contributed by atoms with Crippen LogP contribution in [0.1, 0.15) is 6.92 Å². The Morgan fingerprint density at radius 2 is 0.971 bits per heavy atom. The molecule has 0 N–H and O–H groups in total. The average Bonchev–Trinajstić information content (AvgIpc) is 2.83. The second kappa shape index (κ2) is 11.2. The third-order valence-electron chi connectivity index (χ3n) is 5.30. The maximum absolute atomic E-state index is 11.7. The van der Waals surface area contributed by atoms with Gasteiger partial charge in [-0.25, -0.2) is 0 Å². The van der Waals surface area contributed by atoms with Gasteiger partial charge in [0.2, 0.25) is 0 Å². The molecule has 0 aliphatic rings. The largest absolute Gasteiger partial charge is 0.289 e. The fourth-order valence-corrected chi connectivity index (χ4v) is 8.28. The zero-order valence-electron chi connectivity index (χ0n) is 19.9. The summed E-state index contributed by atoms with van der Waals surface area (Å²) >= 11 is 0. The van der Waals surface area contributed by atoms with Crippen molar-refractivity contribution < 1.29 is 25.2 Å². The van der Waals surface area contributed by atoms with Crippen molar-refractivity contribution >= 4 is 43.2 Å². The fourth-order valence-electron chi connectivity index (χ4n) is 3.53. The second-order valence-corrected chi connectivity index (χ2v) is 15.1. The quantitative estimate of drug-likeness (QED) is 0.276. The first kappa shape index (κ1) is 27.3. The van der Waals surface area contributed by atoms with Crippen molar-refractivity contribution in [3.63, 3.8) is 0 Å². The van der Waals surface area contributed by atoms with Crippen molar-refractivity contribution in [3.05, 3.63) is 91.0 Å².